The Bertz CT molecular complexity index is 1140. The average molecular weight is 426 g/mol. The molecule has 0 radical (unpaired) electrons. The number of nitrogens with one attached hydrogen (secondary N) is 1. The summed E-state index contributed by atoms with van der Waals surface area (Å²) in [7, 11) is 1.26. The van der Waals surface area contributed by atoms with Gasteiger partial charge in [-0.05, 0) is 48.0 Å². The number of esters is 1. The van der Waals surface area contributed by atoms with Gasteiger partial charge in [-0.1, -0.05) is 30.3 Å². The first-order valence-corrected chi connectivity index (χ1v) is 9.08. The lowest BCUT2D eigenvalue weighted by Crippen LogP contribution is -2.07. The number of rotatable bonds is 6. The molecule has 5 nitrogen and oxygen atoms in total. The van der Waals surface area contributed by atoms with Crippen LogP contribution in [0.25, 0.3) is 6.08 Å². The molecule has 0 saturated carbocycles. The highest BCUT2D eigenvalue weighted by Gasteiger charge is 2.30. The third-order valence-electron chi connectivity index (χ3n) is 4.31. The van der Waals surface area contributed by atoms with E-state index in [9.17, 15) is 22.8 Å². The topological polar surface area (TPSA) is 68.3 Å². The number of allylic oxidation sites excluding steroid dienone is 1. The zero-order chi connectivity index (χ0) is 22.4. The van der Waals surface area contributed by atoms with Gasteiger partial charge in [-0.25, -0.2) is 9.78 Å². The van der Waals surface area contributed by atoms with E-state index in [0.29, 0.717) is 11.1 Å². The number of nitrogens with zero attached hydrogens (tertiary/aromatic N) is 1. The molecular formula is C23H17F3N2O3. The van der Waals surface area contributed by atoms with Crippen molar-refractivity contribution < 1.29 is 27.5 Å². The molecule has 0 aliphatic rings. The Kier molecular flexibility index (Phi) is 6.49. The van der Waals surface area contributed by atoms with E-state index in [4.69, 9.17) is 4.74 Å². The fourth-order valence-corrected chi connectivity index (χ4v) is 2.81. The molecule has 0 saturated heterocycles. The molecule has 0 spiro atoms. The van der Waals surface area contributed by atoms with Crippen LogP contribution in [0.15, 0.2) is 72.9 Å². The maximum absolute atomic E-state index is 13.0. The Morgan fingerprint density at radius 3 is 2.48 bits per heavy atom. The first-order chi connectivity index (χ1) is 14.8. The predicted molar refractivity (Wildman–Crippen MR) is 110 cm³/mol. The van der Waals surface area contributed by atoms with Crippen molar-refractivity contribution in [2.45, 2.75) is 6.18 Å². The summed E-state index contributed by atoms with van der Waals surface area (Å²) in [6.45, 7) is 0. The monoisotopic (exact) mass is 426 g/mol. The number of benzene rings is 2. The number of ether oxygens (including phenoxy) is 1. The highest BCUT2D eigenvalue weighted by molar-refractivity contribution is 6.10. The molecule has 0 amide bonds. The number of aromatic nitrogens is 1. The Morgan fingerprint density at radius 2 is 1.74 bits per heavy atom. The van der Waals surface area contributed by atoms with Gasteiger partial charge >= 0.3 is 12.1 Å². The number of halogens is 3. The summed E-state index contributed by atoms with van der Waals surface area (Å²) in [5, 5.41) is 2.76. The molecule has 0 aliphatic heterocycles. The van der Waals surface area contributed by atoms with Gasteiger partial charge in [0.15, 0.2) is 5.78 Å². The number of methoxy groups -OCH3 is 1. The highest BCUT2D eigenvalue weighted by Crippen LogP contribution is 2.31. The van der Waals surface area contributed by atoms with Gasteiger partial charge in [0.1, 0.15) is 5.82 Å². The summed E-state index contributed by atoms with van der Waals surface area (Å²) in [4.78, 5) is 28.7. The first kappa shape index (κ1) is 21.8. The molecule has 1 N–H and O–H groups in total. The zero-order valence-corrected chi connectivity index (χ0v) is 16.3. The molecule has 0 fully saturated rings. The van der Waals surface area contributed by atoms with Crippen LogP contribution >= 0.6 is 0 Å². The van der Waals surface area contributed by atoms with Crippen LogP contribution in [0, 0.1) is 0 Å². The van der Waals surface area contributed by atoms with Crippen LogP contribution in [0.5, 0.6) is 0 Å². The second-order valence-corrected chi connectivity index (χ2v) is 6.38. The number of carbonyl (C=O) groups is 2. The van der Waals surface area contributed by atoms with Gasteiger partial charge in [0, 0.05) is 11.9 Å². The highest BCUT2D eigenvalue weighted by atomic mass is 19.4. The van der Waals surface area contributed by atoms with Gasteiger partial charge in [-0.3, -0.25) is 4.79 Å². The van der Waals surface area contributed by atoms with Crippen LogP contribution in [-0.2, 0) is 10.9 Å². The van der Waals surface area contributed by atoms with Crippen LogP contribution in [0.3, 0.4) is 0 Å². The van der Waals surface area contributed by atoms with Crippen molar-refractivity contribution in [1.82, 2.24) is 4.98 Å². The minimum atomic E-state index is -4.49. The Morgan fingerprint density at radius 1 is 1.00 bits per heavy atom. The molecule has 1 heterocycles. The lowest BCUT2D eigenvalue weighted by atomic mass is 10.1. The number of hydrogen-bond donors (Lipinski definition) is 1. The molecule has 31 heavy (non-hydrogen) atoms. The number of alkyl halides is 3. The van der Waals surface area contributed by atoms with E-state index in [1.165, 1.54) is 43.7 Å². The van der Waals surface area contributed by atoms with E-state index in [1.54, 1.807) is 30.3 Å². The van der Waals surface area contributed by atoms with Gasteiger partial charge in [-0.15, -0.1) is 0 Å². The summed E-state index contributed by atoms with van der Waals surface area (Å²) in [6, 6.07) is 14.2. The molecular weight excluding hydrogens is 409 g/mol. The lowest BCUT2D eigenvalue weighted by molar-refractivity contribution is -0.137. The zero-order valence-electron chi connectivity index (χ0n) is 16.3. The van der Waals surface area contributed by atoms with Crippen LogP contribution in [0.1, 0.15) is 31.8 Å². The summed E-state index contributed by atoms with van der Waals surface area (Å²) in [5.41, 5.74) is 0.261. The lowest BCUT2D eigenvalue weighted by Gasteiger charge is -2.12. The first-order valence-electron chi connectivity index (χ1n) is 9.08. The normalized spacial score (nSPS) is 11.4. The van der Waals surface area contributed by atoms with Crippen LogP contribution < -0.4 is 5.32 Å². The molecule has 0 atom stereocenters. The van der Waals surface area contributed by atoms with Crippen molar-refractivity contribution in [3.63, 3.8) is 0 Å². The van der Waals surface area contributed by atoms with Crippen molar-refractivity contribution in [1.29, 1.82) is 0 Å². The maximum Gasteiger partial charge on any atom is 0.416 e. The van der Waals surface area contributed by atoms with E-state index in [1.807, 2.05) is 0 Å². The van der Waals surface area contributed by atoms with Gasteiger partial charge < -0.3 is 10.1 Å². The van der Waals surface area contributed by atoms with E-state index < -0.39 is 23.5 Å². The van der Waals surface area contributed by atoms with E-state index in [-0.39, 0.29) is 17.1 Å². The minimum Gasteiger partial charge on any atom is -0.465 e. The van der Waals surface area contributed by atoms with Gasteiger partial charge in [0.25, 0.3) is 0 Å². The van der Waals surface area contributed by atoms with E-state index >= 15 is 0 Å². The summed E-state index contributed by atoms with van der Waals surface area (Å²) in [5.74, 6) is -0.874. The molecule has 0 bridgehead atoms. The standard InChI is InChI=1S/C23H17F3N2O3/c1-31-22(30)18-9-3-2-6-15(18)11-12-20(29)19-10-5-13-27-21(19)28-17-8-4-7-16(14-17)23(24,25)26/h2-14H,1H3,(H,27,28)/b12-11+. The fraction of sp³-hybridized carbons (Fsp3) is 0.0870. The molecule has 3 aromatic rings. The Hall–Kier alpha value is -3.94. The van der Waals surface area contributed by atoms with Gasteiger partial charge in [0.2, 0.25) is 0 Å². The number of ketones is 1. The molecule has 3 rings (SSSR count). The second-order valence-electron chi connectivity index (χ2n) is 6.38. The third-order valence-corrected chi connectivity index (χ3v) is 4.31. The molecule has 0 aliphatic carbocycles. The van der Waals surface area contributed by atoms with E-state index in [0.717, 1.165) is 12.1 Å². The number of anilines is 2. The molecule has 8 heteroatoms. The number of pyridine rings is 1. The average Bonchev–Trinajstić information content (AvgIpc) is 2.77. The quantitative estimate of drug-likeness (QED) is 0.319. The van der Waals surface area contributed by atoms with Crippen LogP contribution in [0.2, 0.25) is 0 Å². The van der Waals surface area contributed by atoms with Crippen molar-refractivity contribution in [2.24, 2.45) is 0 Å². The molecule has 0 unspecified atom stereocenters. The SMILES string of the molecule is COC(=O)c1ccccc1/C=C/C(=O)c1cccnc1Nc1cccc(C(F)(F)F)c1. The van der Waals surface area contributed by atoms with Crippen LogP contribution in [-0.4, -0.2) is 23.8 Å². The summed E-state index contributed by atoms with van der Waals surface area (Å²) < 4.78 is 43.6. The molecule has 1 aromatic heterocycles. The number of hydrogen-bond acceptors (Lipinski definition) is 5. The van der Waals surface area contributed by atoms with Crippen molar-refractivity contribution >= 4 is 29.3 Å². The minimum absolute atomic E-state index is 0.109. The Balaban J connectivity index is 1.87. The van der Waals surface area contributed by atoms with Gasteiger partial charge in [-0.2, -0.15) is 13.2 Å². The van der Waals surface area contributed by atoms with Crippen molar-refractivity contribution in [3.05, 3.63) is 95.2 Å². The van der Waals surface area contributed by atoms with Crippen molar-refractivity contribution in [2.75, 3.05) is 12.4 Å². The third kappa shape index (κ3) is 5.36. The summed E-state index contributed by atoms with van der Waals surface area (Å²) in [6.07, 6.45) is -0.342. The predicted octanol–water partition coefficient (Wildman–Crippen LogP) is 5.53. The number of carbonyl (C=O) groups excluding carboxylic acids is 2. The van der Waals surface area contributed by atoms with Crippen molar-refractivity contribution in [3.8, 4) is 0 Å². The summed E-state index contributed by atoms with van der Waals surface area (Å²) >= 11 is 0. The maximum atomic E-state index is 13.0. The Labute approximate surface area is 176 Å². The smallest absolute Gasteiger partial charge is 0.416 e. The van der Waals surface area contributed by atoms with Crippen LogP contribution in [0.4, 0.5) is 24.7 Å². The fourth-order valence-electron chi connectivity index (χ4n) is 2.81. The second kappa shape index (κ2) is 9.25. The largest absolute Gasteiger partial charge is 0.465 e. The van der Waals surface area contributed by atoms with E-state index in [2.05, 4.69) is 10.3 Å². The van der Waals surface area contributed by atoms with Gasteiger partial charge in [0.05, 0.1) is 23.8 Å². The molecule has 2 aromatic carbocycles. The molecule has 158 valence electrons.